The summed E-state index contributed by atoms with van der Waals surface area (Å²) >= 11 is 0. The summed E-state index contributed by atoms with van der Waals surface area (Å²) in [4.78, 5) is 8.82. The molecule has 0 unspecified atom stereocenters. The van der Waals surface area contributed by atoms with Crippen LogP contribution in [0.2, 0.25) is 0 Å². The van der Waals surface area contributed by atoms with E-state index in [-0.39, 0.29) is 26.8 Å². The molecule has 6 aromatic rings. The zero-order valence-electron chi connectivity index (χ0n) is 22.2. The van der Waals surface area contributed by atoms with Crippen LogP contribution in [0.25, 0.3) is 22.5 Å². The van der Waals surface area contributed by atoms with E-state index in [4.69, 9.17) is 9.47 Å². The van der Waals surface area contributed by atoms with Crippen molar-refractivity contribution in [1.82, 2.24) is 9.97 Å². The van der Waals surface area contributed by atoms with Gasteiger partial charge in [-0.05, 0) is 53.6 Å². The molecule has 0 amide bonds. The first-order chi connectivity index (χ1) is 19.8. The van der Waals surface area contributed by atoms with E-state index in [0.29, 0.717) is 0 Å². The maximum absolute atomic E-state index is 6.40. The fourth-order valence-corrected chi connectivity index (χ4v) is 5.22. The largest absolute Gasteiger partial charge is 0.503 e. The Hall–Kier alpha value is -4.51. The molecule has 4 heterocycles. The van der Waals surface area contributed by atoms with Crippen LogP contribution < -0.4 is 25.9 Å². The van der Waals surface area contributed by atoms with Crippen molar-refractivity contribution in [2.45, 2.75) is 6.92 Å². The van der Waals surface area contributed by atoms with Gasteiger partial charge in [-0.25, -0.2) is 0 Å². The number of para-hydroxylation sites is 1. The number of fused-ring (bicyclic) bond motifs is 4. The third-order valence-corrected chi connectivity index (χ3v) is 7.08. The predicted molar refractivity (Wildman–Crippen MR) is 159 cm³/mol. The molecule has 1 radical (unpaired) electrons. The SMILES string of the molecule is Cc1ccc(-c2[c-]ccc3c2Oc2cccc4c2B3c2ccccc2O4)nc1.[Ir].[c-]1ccccc1-c1ccccn1. The first-order valence-corrected chi connectivity index (χ1v) is 13.2. The maximum Gasteiger partial charge on any atom is 0.241 e. The molecular formula is C35H23BIrN2O2-2. The first-order valence-electron chi connectivity index (χ1n) is 13.2. The average molecular weight is 707 g/mol. The van der Waals surface area contributed by atoms with E-state index >= 15 is 0 Å². The second-order valence-electron chi connectivity index (χ2n) is 9.69. The molecule has 6 heteroatoms. The molecule has 199 valence electrons. The van der Waals surface area contributed by atoms with Crippen LogP contribution in [-0.4, -0.2) is 16.7 Å². The second-order valence-corrected chi connectivity index (χ2v) is 9.69. The Morgan fingerprint density at radius 1 is 0.634 bits per heavy atom. The zero-order chi connectivity index (χ0) is 26.9. The number of aryl methyl sites for hydroxylation is 1. The van der Waals surface area contributed by atoms with E-state index in [1.165, 1.54) is 0 Å². The number of ether oxygens (including phenoxy) is 2. The van der Waals surface area contributed by atoms with Gasteiger partial charge in [-0.2, -0.15) is 0 Å². The minimum atomic E-state index is 0. The maximum atomic E-state index is 6.40. The molecule has 0 saturated carbocycles. The smallest absolute Gasteiger partial charge is 0.241 e. The summed E-state index contributed by atoms with van der Waals surface area (Å²) in [7, 11) is 0. The van der Waals surface area contributed by atoms with Gasteiger partial charge in [0, 0.05) is 43.7 Å². The second kappa shape index (κ2) is 11.5. The van der Waals surface area contributed by atoms with Crippen molar-refractivity contribution in [3.63, 3.8) is 0 Å². The van der Waals surface area contributed by atoms with E-state index in [9.17, 15) is 0 Å². The minimum Gasteiger partial charge on any atom is -0.503 e. The number of nitrogens with zero attached hydrogens (tertiary/aromatic N) is 2. The number of aromatic nitrogens is 2. The van der Waals surface area contributed by atoms with Gasteiger partial charge < -0.3 is 19.4 Å². The summed E-state index contributed by atoms with van der Waals surface area (Å²) in [6, 6.07) is 42.5. The summed E-state index contributed by atoms with van der Waals surface area (Å²) in [6.45, 7) is 2.10. The summed E-state index contributed by atoms with van der Waals surface area (Å²) in [5.41, 5.74) is 8.24. The van der Waals surface area contributed by atoms with Crippen LogP contribution in [0.5, 0.6) is 23.0 Å². The van der Waals surface area contributed by atoms with E-state index < -0.39 is 0 Å². The molecular weight excluding hydrogens is 683 g/mol. The quantitative estimate of drug-likeness (QED) is 0.160. The molecule has 4 nitrogen and oxygen atoms in total. The van der Waals surface area contributed by atoms with E-state index in [1.807, 2.05) is 98.0 Å². The Balaban J connectivity index is 0.000000196. The summed E-state index contributed by atoms with van der Waals surface area (Å²) in [6.07, 6.45) is 3.66. The van der Waals surface area contributed by atoms with Crippen molar-refractivity contribution in [2.24, 2.45) is 0 Å². The van der Waals surface area contributed by atoms with E-state index in [0.717, 1.165) is 67.5 Å². The Labute approximate surface area is 253 Å². The Kier molecular flexibility index (Phi) is 7.52. The normalized spacial score (nSPS) is 11.7. The summed E-state index contributed by atoms with van der Waals surface area (Å²) < 4.78 is 12.6. The number of hydrogen-bond acceptors (Lipinski definition) is 4. The van der Waals surface area contributed by atoms with Crippen LogP contribution in [0, 0.1) is 19.1 Å². The van der Waals surface area contributed by atoms with Crippen LogP contribution in [0.3, 0.4) is 0 Å². The van der Waals surface area contributed by atoms with Crippen LogP contribution in [-0.2, 0) is 20.1 Å². The molecule has 2 aromatic heterocycles. The number of pyridine rings is 2. The van der Waals surface area contributed by atoms with Crippen molar-refractivity contribution in [1.29, 1.82) is 0 Å². The van der Waals surface area contributed by atoms with Gasteiger partial charge >= 0.3 is 0 Å². The van der Waals surface area contributed by atoms with Crippen molar-refractivity contribution >= 4 is 23.1 Å². The van der Waals surface area contributed by atoms with E-state index in [1.54, 1.807) is 6.20 Å². The van der Waals surface area contributed by atoms with Gasteiger partial charge in [0.15, 0.2) is 0 Å². The Morgan fingerprint density at radius 2 is 1.44 bits per heavy atom. The van der Waals surface area contributed by atoms with Gasteiger partial charge in [0.2, 0.25) is 6.71 Å². The molecule has 2 aliphatic rings. The standard InChI is InChI=1S/C24H15BNO2.C11H8N.Ir/c1-15-12-13-19(26-14-15)16-6-4-8-18-24(16)28-22-11-5-10-21-23(22)25(18)17-7-2-3-9-20(17)27-21;1-2-6-10(7-3-1)11-8-4-5-9-12-11;/h2-5,7-14H,1H3;1-6,8-9H;/q2*-1;. The summed E-state index contributed by atoms with van der Waals surface area (Å²) in [5, 5.41) is 0. The van der Waals surface area contributed by atoms with Crippen LogP contribution in [0.4, 0.5) is 0 Å². The third kappa shape index (κ3) is 5.08. The number of rotatable bonds is 2. The Bertz CT molecular complexity index is 1780. The van der Waals surface area contributed by atoms with Crippen molar-refractivity contribution in [2.75, 3.05) is 0 Å². The average Bonchev–Trinajstić information content (AvgIpc) is 3.02. The monoisotopic (exact) mass is 707 g/mol. The van der Waals surface area contributed by atoms with Crippen LogP contribution in [0.15, 0.2) is 122 Å². The van der Waals surface area contributed by atoms with Crippen molar-refractivity contribution in [3.05, 3.63) is 139 Å². The van der Waals surface area contributed by atoms with Crippen molar-refractivity contribution < 1.29 is 29.6 Å². The molecule has 0 atom stereocenters. The molecule has 0 bridgehead atoms. The third-order valence-electron chi connectivity index (χ3n) is 7.08. The molecule has 2 aliphatic heterocycles. The molecule has 0 spiro atoms. The van der Waals surface area contributed by atoms with Gasteiger partial charge in [0.1, 0.15) is 17.2 Å². The minimum absolute atomic E-state index is 0. The summed E-state index contributed by atoms with van der Waals surface area (Å²) in [5.74, 6) is 3.41. The number of hydrogen-bond donors (Lipinski definition) is 0. The van der Waals surface area contributed by atoms with Gasteiger partial charge in [-0.1, -0.05) is 54.1 Å². The van der Waals surface area contributed by atoms with E-state index in [2.05, 4.69) is 46.4 Å². The number of benzene rings is 4. The molecule has 0 aliphatic carbocycles. The predicted octanol–water partition coefficient (Wildman–Crippen LogP) is 6.13. The molecule has 41 heavy (non-hydrogen) atoms. The molecule has 8 rings (SSSR count). The fourth-order valence-electron chi connectivity index (χ4n) is 5.22. The topological polar surface area (TPSA) is 44.2 Å². The molecule has 0 N–H and O–H groups in total. The molecule has 0 fully saturated rings. The zero-order valence-corrected chi connectivity index (χ0v) is 24.6. The Morgan fingerprint density at radius 3 is 2.22 bits per heavy atom. The van der Waals surface area contributed by atoms with Gasteiger partial charge in [0.25, 0.3) is 0 Å². The molecule has 4 aromatic carbocycles. The first kappa shape index (κ1) is 26.7. The van der Waals surface area contributed by atoms with Gasteiger partial charge in [-0.15, -0.1) is 59.6 Å². The van der Waals surface area contributed by atoms with Gasteiger partial charge in [0.05, 0.1) is 0 Å². The van der Waals surface area contributed by atoms with Crippen LogP contribution >= 0.6 is 0 Å². The molecule has 0 saturated heterocycles. The van der Waals surface area contributed by atoms with Crippen LogP contribution in [0.1, 0.15) is 5.56 Å². The van der Waals surface area contributed by atoms with Crippen molar-refractivity contribution in [3.8, 4) is 45.5 Å². The fraction of sp³-hybridized carbons (Fsp3) is 0.0286. The van der Waals surface area contributed by atoms with Gasteiger partial charge in [-0.3, -0.25) is 0 Å².